The highest BCUT2D eigenvalue weighted by Crippen LogP contribution is 2.28. The number of alkyl halides is 1. The Bertz CT molecular complexity index is 1060. The number of carbonyl (C=O) groups is 1. The predicted octanol–water partition coefficient (Wildman–Crippen LogP) is 1.46. The number of halogens is 1. The fourth-order valence-corrected chi connectivity index (χ4v) is 3.36. The van der Waals surface area contributed by atoms with Gasteiger partial charge in [-0.15, -0.1) is 16.6 Å². The van der Waals surface area contributed by atoms with Crippen LogP contribution in [0.1, 0.15) is 22.5 Å². The van der Waals surface area contributed by atoms with Crippen LogP contribution in [0, 0.1) is 12.3 Å². The minimum absolute atomic E-state index is 0.00623. The number of aromatic nitrogens is 4. The van der Waals surface area contributed by atoms with Crippen LogP contribution < -0.4 is 16.0 Å². The van der Waals surface area contributed by atoms with E-state index >= 15 is 0 Å². The summed E-state index contributed by atoms with van der Waals surface area (Å²) >= 11 is 0. The lowest BCUT2D eigenvalue weighted by molar-refractivity contribution is 0.0995. The molecule has 1 saturated heterocycles. The van der Waals surface area contributed by atoms with Crippen LogP contribution in [0.25, 0.3) is 11.0 Å². The molecule has 2 atom stereocenters. The molecule has 0 bridgehead atoms. The highest BCUT2D eigenvalue weighted by molar-refractivity contribution is 6.04. The molecule has 1 aliphatic rings. The number of hydrogen-bond acceptors (Lipinski definition) is 6. The van der Waals surface area contributed by atoms with Crippen LogP contribution in [0.3, 0.4) is 0 Å². The third-order valence-electron chi connectivity index (χ3n) is 4.82. The molecule has 4 heterocycles. The summed E-state index contributed by atoms with van der Waals surface area (Å²) < 4.78 is 14.9. The van der Waals surface area contributed by atoms with Crippen LogP contribution in [-0.2, 0) is 0 Å². The summed E-state index contributed by atoms with van der Waals surface area (Å²) in [6.45, 7) is 0.766. The largest absolute Gasteiger partial charge is 0.377 e. The Morgan fingerprint density at radius 1 is 1.39 bits per heavy atom. The van der Waals surface area contributed by atoms with E-state index < -0.39 is 18.1 Å². The molecule has 9 heteroatoms. The minimum Gasteiger partial charge on any atom is -0.377 e. The summed E-state index contributed by atoms with van der Waals surface area (Å²) in [5.41, 5.74) is 6.99. The number of nitrogens with one attached hydrogen (secondary N) is 2. The van der Waals surface area contributed by atoms with Crippen LogP contribution in [0.2, 0.25) is 0 Å². The number of amides is 1. The van der Waals surface area contributed by atoms with Crippen molar-refractivity contribution in [2.45, 2.75) is 18.6 Å². The topological polar surface area (TPSA) is 113 Å². The maximum absolute atomic E-state index is 14.9. The second-order valence-corrected chi connectivity index (χ2v) is 6.58. The van der Waals surface area contributed by atoms with Crippen molar-refractivity contribution in [2.75, 3.05) is 23.3 Å². The molecule has 3 aromatic heterocycles. The first-order valence-electron chi connectivity index (χ1n) is 8.78. The fraction of sp³-hybridized carbons (Fsp3) is 0.263. The smallest absolute Gasteiger partial charge is 0.271 e. The molecule has 8 nitrogen and oxygen atoms in total. The van der Waals surface area contributed by atoms with Crippen molar-refractivity contribution >= 4 is 28.4 Å². The molecular formula is C19H18FN7O. The van der Waals surface area contributed by atoms with Crippen molar-refractivity contribution < 1.29 is 9.18 Å². The third kappa shape index (κ3) is 3.20. The molecule has 3 aromatic rings. The Labute approximate surface area is 160 Å². The van der Waals surface area contributed by atoms with Gasteiger partial charge in [0.25, 0.3) is 5.91 Å². The number of anilines is 2. The molecule has 142 valence electrons. The number of terminal acetylenes is 1. The minimum atomic E-state index is -1.19. The number of rotatable bonds is 4. The van der Waals surface area contributed by atoms with Crippen LogP contribution in [-0.4, -0.2) is 51.4 Å². The Morgan fingerprint density at radius 3 is 2.93 bits per heavy atom. The zero-order valence-electron chi connectivity index (χ0n) is 14.9. The molecular weight excluding hydrogens is 361 g/mol. The molecule has 28 heavy (non-hydrogen) atoms. The van der Waals surface area contributed by atoms with Crippen molar-refractivity contribution in [3.05, 3.63) is 41.9 Å². The van der Waals surface area contributed by atoms with Gasteiger partial charge in [0.15, 0.2) is 11.3 Å². The summed E-state index contributed by atoms with van der Waals surface area (Å²) in [6, 6.07) is 4.82. The van der Waals surface area contributed by atoms with Crippen molar-refractivity contribution in [3.63, 3.8) is 0 Å². The lowest BCUT2D eigenvalue weighted by atomic mass is 10.0. The van der Waals surface area contributed by atoms with E-state index in [0.717, 1.165) is 0 Å². The molecule has 4 rings (SSSR count). The average molecular weight is 379 g/mol. The molecule has 0 radical (unpaired) electrons. The van der Waals surface area contributed by atoms with Crippen LogP contribution in [0.4, 0.5) is 15.9 Å². The number of hydrogen-bond donors (Lipinski definition) is 3. The molecule has 1 fully saturated rings. The fourth-order valence-electron chi connectivity index (χ4n) is 3.36. The summed E-state index contributed by atoms with van der Waals surface area (Å²) in [5, 5.41) is 11.6. The van der Waals surface area contributed by atoms with E-state index in [0.29, 0.717) is 41.1 Å². The second kappa shape index (κ2) is 7.15. The van der Waals surface area contributed by atoms with Gasteiger partial charge in [0.1, 0.15) is 12.0 Å². The molecule has 0 saturated carbocycles. The first kappa shape index (κ1) is 17.7. The van der Waals surface area contributed by atoms with Gasteiger partial charge in [-0.3, -0.25) is 4.79 Å². The molecule has 0 unspecified atom stereocenters. The van der Waals surface area contributed by atoms with Crippen LogP contribution in [0.5, 0.6) is 0 Å². The number of nitrogens with zero attached hydrogens (tertiary/aromatic N) is 4. The Morgan fingerprint density at radius 2 is 2.25 bits per heavy atom. The van der Waals surface area contributed by atoms with E-state index in [1.165, 1.54) is 0 Å². The highest BCUT2D eigenvalue weighted by atomic mass is 19.1. The van der Waals surface area contributed by atoms with Crippen molar-refractivity contribution in [1.82, 2.24) is 20.2 Å². The van der Waals surface area contributed by atoms with Crippen molar-refractivity contribution in [1.29, 1.82) is 0 Å². The zero-order valence-corrected chi connectivity index (χ0v) is 14.9. The number of H-pyrrole nitrogens is 1. The predicted molar refractivity (Wildman–Crippen MR) is 104 cm³/mol. The van der Waals surface area contributed by atoms with Crippen molar-refractivity contribution in [3.8, 4) is 12.3 Å². The highest BCUT2D eigenvalue weighted by Gasteiger charge is 2.31. The Balaban J connectivity index is 1.54. The molecule has 4 N–H and O–H groups in total. The van der Waals surface area contributed by atoms with Crippen molar-refractivity contribution in [2.24, 2.45) is 5.73 Å². The van der Waals surface area contributed by atoms with Gasteiger partial charge in [-0.05, 0) is 24.6 Å². The molecule has 0 aromatic carbocycles. The second-order valence-electron chi connectivity index (χ2n) is 6.58. The van der Waals surface area contributed by atoms with Gasteiger partial charge in [0.05, 0.1) is 18.3 Å². The average Bonchev–Trinajstić information content (AvgIpc) is 3.18. The zero-order chi connectivity index (χ0) is 19.7. The summed E-state index contributed by atoms with van der Waals surface area (Å²) in [6.07, 6.45) is 7.93. The Kier molecular flexibility index (Phi) is 4.53. The van der Waals surface area contributed by atoms with Crippen LogP contribution >= 0.6 is 0 Å². The first-order chi connectivity index (χ1) is 13.6. The van der Waals surface area contributed by atoms with Gasteiger partial charge in [-0.25, -0.2) is 9.37 Å². The lowest BCUT2D eigenvalue weighted by Crippen LogP contribution is -2.48. The molecule has 0 aliphatic carbocycles. The standard InChI is InChI=1S/C19H18FN7O/c1-2-11-3-4-15(23-9-11)27-8-6-14(13(20)10-27)24-16-12-5-7-22-19(12)26-25-17(16)18(21)28/h1,3-5,7,9,13-14H,6,8,10H2,(H2,21,28)(H2,22,24,26)/t13-,14-/m1/s1. The monoisotopic (exact) mass is 379 g/mol. The van der Waals surface area contributed by atoms with E-state index in [1.54, 1.807) is 30.6 Å². The van der Waals surface area contributed by atoms with E-state index in [2.05, 4.69) is 31.4 Å². The summed E-state index contributed by atoms with van der Waals surface area (Å²) in [4.78, 5) is 20.8. The number of aromatic amines is 1. The molecule has 0 spiro atoms. The van der Waals surface area contributed by atoms with Gasteiger partial charge >= 0.3 is 0 Å². The maximum atomic E-state index is 14.9. The van der Waals surface area contributed by atoms with Gasteiger partial charge in [0.2, 0.25) is 0 Å². The summed E-state index contributed by atoms with van der Waals surface area (Å²) in [7, 11) is 0. The number of nitrogens with two attached hydrogens (primary N) is 1. The quantitative estimate of drug-likeness (QED) is 0.592. The SMILES string of the molecule is C#Cc1ccc(N2CC[C@@H](Nc3c(C(N)=O)nnc4[nH]ccc34)[C@H](F)C2)nc1. The van der Waals surface area contributed by atoms with Gasteiger partial charge in [-0.2, -0.15) is 0 Å². The number of fused-ring (bicyclic) bond motifs is 1. The number of pyridine rings is 1. The van der Waals surface area contributed by atoms with Gasteiger partial charge in [-0.1, -0.05) is 5.92 Å². The van der Waals surface area contributed by atoms with Gasteiger partial charge in [0, 0.05) is 29.9 Å². The lowest BCUT2D eigenvalue weighted by Gasteiger charge is -2.36. The van der Waals surface area contributed by atoms with E-state index in [-0.39, 0.29) is 12.2 Å². The number of primary amides is 1. The van der Waals surface area contributed by atoms with Gasteiger partial charge < -0.3 is 20.9 Å². The molecule has 1 aliphatic heterocycles. The first-order valence-corrected chi connectivity index (χ1v) is 8.78. The maximum Gasteiger partial charge on any atom is 0.271 e. The Hall–Kier alpha value is -3.67. The van der Waals surface area contributed by atoms with E-state index in [9.17, 15) is 9.18 Å². The normalized spacial score (nSPS) is 19.4. The summed E-state index contributed by atoms with van der Waals surface area (Å²) in [5.74, 6) is 2.47. The third-order valence-corrected chi connectivity index (χ3v) is 4.82. The number of carbonyl (C=O) groups excluding carboxylic acids is 1. The van der Waals surface area contributed by atoms with E-state index in [4.69, 9.17) is 12.2 Å². The number of piperidine rings is 1. The molecule has 1 amide bonds. The van der Waals surface area contributed by atoms with E-state index in [1.807, 2.05) is 4.90 Å². The van der Waals surface area contributed by atoms with Crippen LogP contribution in [0.15, 0.2) is 30.6 Å².